The van der Waals surface area contributed by atoms with E-state index in [1.54, 1.807) is 0 Å². The van der Waals surface area contributed by atoms with Crippen LogP contribution in [-0.2, 0) is 4.79 Å². The van der Waals surface area contributed by atoms with Crippen molar-refractivity contribution in [2.75, 3.05) is 13.1 Å². The van der Waals surface area contributed by atoms with Gasteiger partial charge in [-0.1, -0.05) is 12.8 Å². The second-order valence-electron chi connectivity index (χ2n) is 5.54. The highest BCUT2D eigenvalue weighted by Crippen LogP contribution is 2.31. The van der Waals surface area contributed by atoms with Crippen molar-refractivity contribution in [1.29, 1.82) is 0 Å². The minimum atomic E-state index is -0.218. The summed E-state index contributed by atoms with van der Waals surface area (Å²) in [7, 11) is 0. The minimum absolute atomic E-state index is 0.110. The van der Waals surface area contributed by atoms with Crippen LogP contribution in [0.25, 0.3) is 0 Å². The maximum atomic E-state index is 12.0. The van der Waals surface area contributed by atoms with E-state index in [0.29, 0.717) is 19.0 Å². The van der Waals surface area contributed by atoms with Crippen molar-refractivity contribution in [3.05, 3.63) is 0 Å². The molecule has 4 N–H and O–H groups in total. The van der Waals surface area contributed by atoms with Crippen molar-refractivity contribution in [1.82, 2.24) is 5.32 Å². The summed E-state index contributed by atoms with van der Waals surface area (Å²) in [6, 6.07) is 0. The van der Waals surface area contributed by atoms with E-state index < -0.39 is 0 Å². The molecule has 4 atom stereocenters. The van der Waals surface area contributed by atoms with Crippen molar-refractivity contribution in [3.63, 3.8) is 0 Å². The summed E-state index contributed by atoms with van der Waals surface area (Å²) in [5.41, 5.74) is 5.68. The average molecular weight is 240 g/mol. The zero-order valence-corrected chi connectivity index (χ0v) is 10.4. The van der Waals surface area contributed by atoms with Gasteiger partial charge in [-0.25, -0.2) is 0 Å². The third-order valence-corrected chi connectivity index (χ3v) is 4.46. The molecule has 0 saturated heterocycles. The van der Waals surface area contributed by atoms with Crippen LogP contribution in [0.5, 0.6) is 0 Å². The summed E-state index contributed by atoms with van der Waals surface area (Å²) in [5, 5.41) is 12.7. The lowest BCUT2D eigenvalue weighted by atomic mass is 9.95. The van der Waals surface area contributed by atoms with Gasteiger partial charge in [0, 0.05) is 18.4 Å². The van der Waals surface area contributed by atoms with Crippen molar-refractivity contribution in [3.8, 4) is 0 Å². The molecule has 4 unspecified atom stereocenters. The van der Waals surface area contributed by atoms with Gasteiger partial charge in [-0.15, -0.1) is 0 Å². The molecule has 2 rings (SSSR count). The second kappa shape index (κ2) is 5.83. The van der Waals surface area contributed by atoms with Gasteiger partial charge in [0.1, 0.15) is 0 Å². The predicted molar refractivity (Wildman–Crippen MR) is 66.2 cm³/mol. The van der Waals surface area contributed by atoms with E-state index in [1.165, 1.54) is 0 Å². The molecule has 0 heterocycles. The van der Waals surface area contributed by atoms with Crippen molar-refractivity contribution >= 4 is 5.91 Å². The Hall–Kier alpha value is -0.610. The average Bonchev–Trinajstić information content (AvgIpc) is 2.94. The van der Waals surface area contributed by atoms with E-state index in [4.69, 9.17) is 5.73 Å². The number of aliphatic hydroxyl groups excluding tert-OH is 1. The zero-order valence-electron chi connectivity index (χ0n) is 10.4. The molecule has 1 amide bonds. The van der Waals surface area contributed by atoms with Crippen LogP contribution in [0.2, 0.25) is 0 Å². The lowest BCUT2D eigenvalue weighted by molar-refractivity contribution is -0.126. The van der Waals surface area contributed by atoms with E-state index >= 15 is 0 Å². The van der Waals surface area contributed by atoms with E-state index in [2.05, 4.69) is 5.32 Å². The fourth-order valence-electron chi connectivity index (χ4n) is 3.28. The summed E-state index contributed by atoms with van der Waals surface area (Å²) < 4.78 is 0. The van der Waals surface area contributed by atoms with Gasteiger partial charge in [0.2, 0.25) is 5.91 Å². The number of amides is 1. The Bertz CT molecular complexity index is 270. The number of nitrogens with one attached hydrogen (secondary N) is 1. The summed E-state index contributed by atoms with van der Waals surface area (Å²) in [4.78, 5) is 12.0. The molecule has 0 aromatic carbocycles. The topological polar surface area (TPSA) is 75.4 Å². The molecule has 2 saturated carbocycles. The number of hydrogen-bond acceptors (Lipinski definition) is 3. The van der Waals surface area contributed by atoms with Gasteiger partial charge in [0.05, 0.1) is 6.10 Å². The van der Waals surface area contributed by atoms with Crippen molar-refractivity contribution < 1.29 is 9.90 Å². The molecule has 0 radical (unpaired) electrons. The largest absolute Gasteiger partial charge is 0.393 e. The Morgan fingerprint density at radius 3 is 2.53 bits per heavy atom. The molecule has 4 heteroatoms. The van der Waals surface area contributed by atoms with E-state index in [-0.39, 0.29) is 23.8 Å². The molecule has 2 fully saturated rings. The Labute approximate surface area is 103 Å². The number of aliphatic hydroxyl groups is 1. The van der Waals surface area contributed by atoms with Gasteiger partial charge in [0.15, 0.2) is 0 Å². The highest BCUT2D eigenvalue weighted by atomic mass is 16.3. The number of carbonyl (C=O) groups excluding carboxylic acids is 1. The molecule has 0 aliphatic heterocycles. The van der Waals surface area contributed by atoms with Crippen molar-refractivity contribution in [2.45, 2.75) is 44.6 Å². The van der Waals surface area contributed by atoms with Crippen LogP contribution < -0.4 is 11.1 Å². The van der Waals surface area contributed by atoms with Gasteiger partial charge in [-0.05, 0) is 38.1 Å². The first kappa shape index (κ1) is 12.8. The number of rotatable bonds is 4. The van der Waals surface area contributed by atoms with E-state index in [0.717, 1.165) is 38.5 Å². The van der Waals surface area contributed by atoms with Gasteiger partial charge >= 0.3 is 0 Å². The summed E-state index contributed by atoms with van der Waals surface area (Å²) in [6.45, 7) is 1.25. The molecular weight excluding hydrogens is 216 g/mol. The van der Waals surface area contributed by atoms with Crippen LogP contribution in [0.1, 0.15) is 38.5 Å². The number of hydrogen-bond donors (Lipinski definition) is 3. The van der Waals surface area contributed by atoms with Crippen LogP contribution in [0.3, 0.4) is 0 Å². The zero-order chi connectivity index (χ0) is 12.3. The lowest BCUT2D eigenvalue weighted by Gasteiger charge is -2.20. The van der Waals surface area contributed by atoms with Gasteiger partial charge in [-0.3, -0.25) is 4.79 Å². The summed E-state index contributed by atoms with van der Waals surface area (Å²) >= 11 is 0. The van der Waals surface area contributed by atoms with Crippen LogP contribution in [0, 0.1) is 17.8 Å². The molecule has 0 bridgehead atoms. The molecule has 98 valence electrons. The maximum absolute atomic E-state index is 12.0. The highest BCUT2D eigenvalue weighted by Gasteiger charge is 2.33. The number of nitrogens with two attached hydrogens (primary N) is 1. The predicted octanol–water partition coefficient (Wildman–Crippen LogP) is 0.639. The molecule has 2 aliphatic rings. The molecule has 17 heavy (non-hydrogen) atoms. The van der Waals surface area contributed by atoms with Crippen molar-refractivity contribution in [2.24, 2.45) is 23.5 Å². The monoisotopic (exact) mass is 240 g/mol. The molecule has 0 aromatic heterocycles. The number of carbonyl (C=O) groups is 1. The quantitative estimate of drug-likeness (QED) is 0.675. The van der Waals surface area contributed by atoms with Crippen LogP contribution in [-0.4, -0.2) is 30.2 Å². The third-order valence-electron chi connectivity index (χ3n) is 4.46. The molecule has 2 aliphatic carbocycles. The Kier molecular flexibility index (Phi) is 4.40. The first-order valence-corrected chi connectivity index (χ1v) is 6.88. The molecule has 4 nitrogen and oxygen atoms in total. The normalized spacial score (nSPS) is 37.3. The second-order valence-corrected chi connectivity index (χ2v) is 5.54. The minimum Gasteiger partial charge on any atom is -0.393 e. The van der Waals surface area contributed by atoms with Gasteiger partial charge in [0.25, 0.3) is 0 Å². The molecule has 0 spiro atoms. The van der Waals surface area contributed by atoms with Gasteiger partial charge < -0.3 is 16.2 Å². The smallest absolute Gasteiger partial charge is 0.223 e. The van der Waals surface area contributed by atoms with Gasteiger partial charge in [-0.2, -0.15) is 0 Å². The van der Waals surface area contributed by atoms with Crippen LogP contribution >= 0.6 is 0 Å². The first-order valence-electron chi connectivity index (χ1n) is 6.88. The highest BCUT2D eigenvalue weighted by molar-refractivity contribution is 5.79. The SMILES string of the molecule is NCC1CCCC1C(=O)NCC1CCCC1O. The Balaban J connectivity index is 1.77. The van der Waals surface area contributed by atoms with E-state index in [9.17, 15) is 9.90 Å². The summed E-state index contributed by atoms with van der Waals surface area (Å²) in [5.74, 6) is 0.885. The fourth-order valence-corrected chi connectivity index (χ4v) is 3.28. The Morgan fingerprint density at radius 1 is 1.18 bits per heavy atom. The molecular formula is C13H24N2O2. The first-order chi connectivity index (χ1) is 8.22. The maximum Gasteiger partial charge on any atom is 0.223 e. The van der Waals surface area contributed by atoms with Crippen LogP contribution in [0.4, 0.5) is 0 Å². The van der Waals surface area contributed by atoms with Crippen LogP contribution in [0.15, 0.2) is 0 Å². The third kappa shape index (κ3) is 2.99. The standard InChI is InChI=1S/C13H24N2O2/c14-7-9-3-1-5-11(9)13(17)15-8-10-4-2-6-12(10)16/h9-12,16H,1-8,14H2,(H,15,17). The lowest BCUT2D eigenvalue weighted by Crippen LogP contribution is -2.38. The van der Waals surface area contributed by atoms with E-state index in [1.807, 2.05) is 0 Å². The fraction of sp³-hybridized carbons (Fsp3) is 0.923. The molecule has 0 aromatic rings. The Morgan fingerprint density at radius 2 is 1.88 bits per heavy atom. The summed E-state index contributed by atoms with van der Waals surface area (Å²) in [6.07, 6.45) is 5.95.